The van der Waals surface area contributed by atoms with Crippen LogP contribution < -0.4 is 5.32 Å². The largest absolute Gasteiger partial charge is 0.480 e. The molecule has 2 N–H and O–H groups in total. The Labute approximate surface area is 141 Å². The molecule has 0 aromatic rings. The minimum atomic E-state index is -0.972. The molecule has 0 radical (unpaired) electrons. The minimum Gasteiger partial charge on any atom is -0.480 e. The molecule has 2 heterocycles. The molecule has 2 rings (SSSR count). The van der Waals surface area contributed by atoms with E-state index in [4.69, 9.17) is 0 Å². The van der Waals surface area contributed by atoms with E-state index in [0.29, 0.717) is 19.3 Å². The zero-order chi connectivity index (χ0) is 17.4. The number of hydrogen-bond acceptors (Lipinski definition) is 4. The van der Waals surface area contributed by atoms with Crippen LogP contribution in [0, 0.1) is 11.3 Å². The van der Waals surface area contributed by atoms with Gasteiger partial charge in [-0.1, -0.05) is 27.7 Å². The molecule has 130 valence electrons. The highest BCUT2D eigenvalue weighted by Crippen LogP contribution is 2.46. The van der Waals surface area contributed by atoms with E-state index in [2.05, 4.69) is 5.32 Å². The number of carboxylic acid groups (broad SMARTS) is 1. The zero-order valence-corrected chi connectivity index (χ0v) is 15.0. The molecule has 23 heavy (non-hydrogen) atoms. The topological polar surface area (TPSA) is 86.7 Å². The third kappa shape index (κ3) is 3.49. The minimum absolute atomic E-state index is 0.121. The Morgan fingerprint density at radius 2 is 2.13 bits per heavy atom. The number of fused-ring (bicyclic) bond motifs is 1. The number of rotatable bonds is 4. The van der Waals surface area contributed by atoms with E-state index in [1.807, 2.05) is 27.7 Å². The van der Waals surface area contributed by atoms with Crippen LogP contribution in [0.15, 0.2) is 0 Å². The summed E-state index contributed by atoms with van der Waals surface area (Å²) in [5.74, 6) is -0.782. The lowest BCUT2D eigenvalue weighted by atomic mass is 9.84. The molecule has 6 nitrogen and oxygen atoms in total. The Hall–Kier alpha value is -1.24. The molecule has 7 heteroatoms. The number of amides is 2. The van der Waals surface area contributed by atoms with Crippen LogP contribution in [0.4, 0.5) is 0 Å². The van der Waals surface area contributed by atoms with Crippen molar-refractivity contribution < 1.29 is 19.5 Å². The number of nitrogens with zero attached hydrogens (tertiary/aromatic N) is 1. The summed E-state index contributed by atoms with van der Waals surface area (Å²) in [6.07, 6.45) is 1.91. The summed E-state index contributed by atoms with van der Waals surface area (Å²) < 4.78 is 0. The van der Waals surface area contributed by atoms with E-state index >= 15 is 0 Å². The van der Waals surface area contributed by atoms with E-state index in [9.17, 15) is 19.5 Å². The van der Waals surface area contributed by atoms with Crippen LogP contribution in [-0.4, -0.2) is 51.0 Å². The fourth-order valence-corrected chi connectivity index (χ4v) is 4.90. The molecule has 2 aliphatic rings. The molecule has 2 aliphatic heterocycles. The second-order valence-electron chi connectivity index (χ2n) is 7.16. The van der Waals surface area contributed by atoms with E-state index in [1.54, 1.807) is 11.8 Å². The van der Waals surface area contributed by atoms with Gasteiger partial charge in [0, 0.05) is 5.92 Å². The van der Waals surface area contributed by atoms with Crippen molar-refractivity contribution in [3.63, 3.8) is 0 Å². The normalized spacial score (nSPS) is 31.2. The van der Waals surface area contributed by atoms with Crippen molar-refractivity contribution in [2.24, 2.45) is 11.3 Å². The average molecular weight is 342 g/mol. The van der Waals surface area contributed by atoms with Crippen molar-refractivity contribution in [1.82, 2.24) is 10.2 Å². The van der Waals surface area contributed by atoms with Gasteiger partial charge in [0.15, 0.2) is 0 Å². The van der Waals surface area contributed by atoms with Gasteiger partial charge in [-0.05, 0) is 30.4 Å². The lowest BCUT2D eigenvalue weighted by molar-refractivity contribution is -0.152. The molecular weight excluding hydrogens is 316 g/mol. The Morgan fingerprint density at radius 3 is 2.70 bits per heavy atom. The Bertz CT molecular complexity index is 508. The van der Waals surface area contributed by atoms with Crippen molar-refractivity contribution in [2.45, 2.75) is 64.4 Å². The summed E-state index contributed by atoms with van der Waals surface area (Å²) >= 11 is 1.62. The monoisotopic (exact) mass is 342 g/mol. The summed E-state index contributed by atoms with van der Waals surface area (Å²) in [6.45, 7) is 7.53. The van der Waals surface area contributed by atoms with Gasteiger partial charge in [0.25, 0.3) is 0 Å². The maximum absolute atomic E-state index is 12.9. The Balaban J connectivity index is 2.23. The number of aliphatic carboxylic acids is 1. The first kappa shape index (κ1) is 18.1. The fraction of sp³-hybridized carbons (Fsp3) is 0.812. The van der Waals surface area contributed by atoms with E-state index in [0.717, 1.165) is 5.75 Å². The van der Waals surface area contributed by atoms with Crippen LogP contribution in [0.5, 0.6) is 0 Å². The Morgan fingerprint density at radius 1 is 1.48 bits per heavy atom. The van der Waals surface area contributed by atoms with Crippen molar-refractivity contribution in [1.29, 1.82) is 0 Å². The summed E-state index contributed by atoms with van der Waals surface area (Å²) in [6, 6.07) is -1.46. The van der Waals surface area contributed by atoms with Crippen molar-refractivity contribution in [3.8, 4) is 0 Å². The average Bonchev–Trinajstić information content (AvgIpc) is 2.66. The second-order valence-corrected chi connectivity index (χ2v) is 8.45. The fourth-order valence-electron chi connectivity index (χ4n) is 3.32. The SMILES string of the molecule is CC[C@@H](C)C(=O)N[C@H]1CCS[C@H]2CC(C)(C)C(C(=O)O)N2C1=O. The maximum atomic E-state index is 12.9. The van der Waals surface area contributed by atoms with Crippen molar-refractivity contribution in [2.75, 3.05) is 5.75 Å². The molecule has 2 amide bonds. The van der Waals surface area contributed by atoms with Gasteiger partial charge in [0.1, 0.15) is 12.1 Å². The summed E-state index contributed by atoms with van der Waals surface area (Å²) in [5.41, 5.74) is -0.470. The first-order chi connectivity index (χ1) is 10.7. The number of hydrogen-bond donors (Lipinski definition) is 2. The first-order valence-electron chi connectivity index (χ1n) is 8.16. The molecule has 0 spiro atoms. The molecular formula is C16H26N2O4S. The van der Waals surface area contributed by atoms with Crippen LogP contribution in [0.1, 0.15) is 47.0 Å². The first-order valence-corrected chi connectivity index (χ1v) is 9.21. The van der Waals surface area contributed by atoms with Gasteiger partial charge in [-0.2, -0.15) is 0 Å². The number of carboxylic acids is 1. The quantitative estimate of drug-likeness (QED) is 0.812. The zero-order valence-electron chi connectivity index (χ0n) is 14.2. The summed E-state index contributed by atoms with van der Waals surface area (Å²) in [7, 11) is 0. The third-order valence-corrected chi connectivity index (χ3v) is 6.16. The van der Waals surface area contributed by atoms with Gasteiger partial charge in [-0.3, -0.25) is 9.59 Å². The molecule has 0 bridgehead atoms. The standard InChI is InChI=1S/C16H26N2O4S/c1-5-9(2)13(19)17-10-6-7-23-11-8-16(3,4)12(15(21)22)18(11)14(10)20/h9-12H,5-8H2,1-4H3,(H,17,19)(H,21,22)/t9-,10+,11+,12?/m1/s1. The molecule has 0 aromatic heterocycles. The molecule has 1 unspecified atom stereocenters. The summed E-state index contributed by atoms with van der Waals surface area (Å²) in [5, 5.41) is 12.3. The molecule has 0 aromatic carbocycles. The third-order valence-electron chi connectivity index (χ3n) is 4.91. The van der Waals surface area contributed by atoms with E-state index in [-0.39, 0.29) is 23.1 Å². The lowest BCUT2D eigenvalue weighted by Gasteiger charge is -2.32. The molecule has 2 fully saturated rings. The highest BCUT2D eigenvalue weighted by Gasteiger charge is 2.54. The molecule has 4 atom stereocenters. The number of thioether (sulfide) groups is 1. The number of nitrogens with one attached hydrogen (secondary N) is 1. The maximum Gasteiger partial charge on any atom is 0.327 e. The Kier molecular flexibility index (Phi) is 5.28. The highest BCUT2D eigenvalue weighted by atomic mass is 32.2. The predicted molar refractivity (Wildman–Crippen MR) is 88.9 cm³/mol. The molecule has 0 aliphatic carbocycles. The summed E-state index contributed by atoms with van der Waals surface area (Å²) in [4.78, 5) is 38.3. The van der Waals surface area contributed by atoms with E-state index < -0.39 is 23.5 Å². The van der Waals surface area contributed by atoms with Crippen molar-refractivity contribution in [3.05, 3.63) is 0 Å². The van der Waals surface area contributed by atoms with Gasteiger partial charge in [-0.25, -0.2) is 4.79 Å². The van der Waals surface area contributed by atoms with Crippen LogP contribution in [0.2, 0.25) is 0 Å². The van der Waals surface area contributed by atoms with Gasteiger partial charge < -0.3 is 15.3 Å². The van der Waals surface area contributed by atoms with Gasteiger partial charge in [0.05, 0.1) is 5.37 Å². The van der Waals surface area contributed by atoms with Crippen LogP contribution in [0.3, 0.4) is 0 Å². The van der Waals surface area contributed by atoms with Gasteiger partial charge in [0.2, 0.25) is 11.8 Å². The number of carbonyl (C=O) groups is 3. The van der Waals surface area contributed by atoms with Gasteiger partial charge in [-0.15, -0.1) is 11.8 Å². The van der Waals surface area contributed by atoms with E-state index in [1.165, 1.54) is 4.90 Å². The molecule has 0 saturated carbocycles. The van der Waals surface area contributed by atoms with Crippen molar-refractivity contribution >= 4 is 29.5 Å². The van der Waals surface area contributed by atoms with Crippen LogP contribution >= 0.6 is 11.8 Å². The highest BCUT2D eigenvalue weighted by molar-refractivity contribution is 7.99. The van der Waals surface area contributed by atoms with Gasteiger partial charge >= 0.3 is 5.97 Å². The molecule has 2 saturated heterocycles. The smallest absolute Gasteiger partial charge is 0.327 e. The lowest BCUT2D eigenvalue weighted by Crippen LogP contribution is -2.54. The predicted octanol–water partition coefficient (Wildman–Crippen LogP) is 1.69. The van der Waals surface area contributed by atoms with Crippen LogP contribution in [0.25, 0.3) is 0 Å². The van der Waals surface area contributed by atoms with Crippen LogP contribution in [-0.2, 0) is 14.4 Å². The number of carbonyl (C=O) groups excluding carboxylic acids is 2. The second kappa shape index (κ2) is 6.71.